The van der Waals surface area contributed by atoms with Crippen LogP contribution in [0.25, 0.3) is 0 Å². The summed E-state index contributed by atoms with van der Waals surface area (Å²) in [5.41, 5.74) is 5.41. The third-order valence-corrected chi connectivity index (χ3v) is 2.91. The van der Waals surface area contributed by atoms with Crippen molar-refractivity contribution in [3.63, 3.8) is 0 Å². The van der Waals surface area contributed by atoms with E-state index in [1.54, 1.807) is 0 Å². The van der Waals surface area contributed by atoms with Gasteiger partial charge in [0.1, 0.15) is 0 Å². The van der Waals surface area contributed by atoms with E-state index in [1.165, 1.54) is 0 Å². The lowest BCUT2D eigenvalue weighted by Crippen LogP contribution is -2.38. The molecular formula is C13H28N2O2. The summed E-state index contributed by atoms with van der Waals surface area (Å²) in [6.45, 7) is 8.35. The SMILES string of the molecule is CC(N)CCCC(C)C(=O)NCC(C)(C)CO. The Balaban J connectivity index is 3.82. The Hall–Kier alpha value is -0.610. The van der Waals surface area contributed by atoms with Crippen molar-refractivity contribution >= 4 is 5.91 Å². The molecular weight excluding hydrogens is 216 g/mol. The lowest BCUT2D eigenvalue weighted by atomic mass is 9.94. The minimum absolute atomic E-state index is 0.0169. The minimum atomic E-state index is -0.249. The fourth-order valence-corrected chi connectivity index (χ4v) is 1.43. The molecule has 4 nitrogen and oxygen atoms in total. The molecule has 0 bridgehead atoms. The molecule has 0 radical (unpaired) electrons. The number of carbonyl (C=O) groups is 1. The number of nitrogens with two attached hydrogens (primary N) is 1. The van der Waals surface area contributed by atoms with Gasteiger partial charge in [-0.25, -0.2) is 0 Å². The fraction of sp³-hybridized carbons (Fsp3) is 0.923. The Bertz CT molecular complexity index is 227. The predicted molar refractivity (Wildman–Crippen MR) is 70.5 cm³/mol. The highest BCUT2D eigenvalue weighted by Gasteiger charge is 2.19. The zero-order valence-corrected chi connectivity index (χ0v) is 11.6. The number of aliphatic hydroxyl groups is 1. The third-order valence-electron chi connectivity index (χ3n) is 2.91. The number of aliphatic hydroxyl groups excluding tert-OH is 1. The Morgan fingerprint density at radius 3 is 2.41 bits per heavy atom. The number of nitrogens with one attached hydrogen (secondary N) is 1. The van der Waals surface area contributed by atoms with Crippen molar-refractivity contribution in [2.45, 2.75) is 53.0 Å². The van der Waals surface area contributed by atoms with Gasteiger partial charge in [-0.3, -0.25) is 4.79 Å². The maximum absolute atomic E-state index is 11.8. The van der Waals surface area contributed by atoms with E-state index in [0.717, 1.165) is 19.3 Å². The maximum atomic E-state index is 11.8. The molecule has 0 heterocycles. The average molecular weight is 244 g/mol. The van der Waals surface area contributed by atoms with E-state index in [4.69, 9.17) is 10.8 Å². The lowest BCUT2D eigenvalue weighted by Gasteiger charge is -2.23. The second-order valence-corrected chi connectivity index (χ2v) is 5.85. The summed E-state index contributed by atoms with van der Waals surface area (Å²) in [7, 11) is 0. The molecule has 0 fully saturated rings. The predicted octanol–water partition coefficient (Wildman–Crippen LogP) is 1.27. The first kappa shape index (κ1) is 16.4. The second-order valence-electron chi connectivity index (χ2n) is 5.85. The van der Waals surface area contributed by atoms with Gasteiger partial charge in [-0.2, -0.15) is 0 Å². The summed E-state index contributed by atoms with van der Waals surface area (Å²) in [6, 6.07) is 0.207. The summed E-state index contributed by atoms with van der Waals surface area (Å²) in [5, 5.41) is 12.0. The number of hydrogen-bond donors (Lipinski definition) is 3. The van der Waals surface area contributed by atoms with Crippen LogP contribution in [0.15, 0.2) is 0 Å². The highest BCUT2D eigenvalue weighted by atomic mass is 16.3. The molecule has 2 atom stereocenters. The van der Waals surface area contributed by atoms with Gasteiger partial charge in [-0.05, 0) is 19.8 Å². The highest BCUT2D eigenvalue weighted by Crippen LogP contribution is 2.13. The summed E-state index contributed by atoms with van der Waals surface area (Å²) in [4.78, 5) is 11.8. The van der Waals surface area contributed by atoms with Crippen LogP contribution in [0.4, 0.5) is 0 Å². The van der Waals surface area contributed by atoms with Crippen LogP contribution in [-0.2, 0) is 4.79 Å². The van der Waals surface area contributed by atoms with E-state index in [0.29, 0.717) is 6.54 Å². The van der Waals surface area contributed by atoms with E-state index in [2.05, 4.69) is 5.32 Å². The molecule has 0 rings (SSSR count). The summed E-state index contributed by atoms with van der Waals surface area (Å²) in [5.74, 6) is 0.0828. The Kier molecular flexibility index (Phi) is 7.39. The third kappa shape index (κ3) is 8.16. The molecule has 0 saturated carbocycles. The van der Waals surface area contributed by atoms with Crippen molar-refractivity contribution in [1.29, 1.82) is 0 Å². The van der Waals surface area contributed by atoms with E-state index < -0.39 is 0 Å². The molecule has 4 N–H and O–H groups in total. The Labute approximate surface area is 105 Å². The number of hydrogen-bond acceptors (Lipinski definition) is 3. The van der Waals surface area contributed by atoms with Gasteiger partial charge >= 0.3 is 0 Å². The molecule has 0 aromatic rings. The van der Waals surface area contributed by atoms with Gasteiger partial charge in [0.25, 0.3) is 0 Å². The molecule has 0 spiro atoms. The molecule has 17 heavy (non-hydrogen) atoms. The van der Waals surface area contributed by atoms with Crippen LogP contribution in [0, 0.1) is 11.3 Å². The van der Waals surface area contributed by atoms with Crippen molar-refractivity contribution in [3.8, 4) is 0 Å². The van der Waals surface area contributed by atoms with Crippen molar-refractivity contribution in [3.05, 3.63) is 0 Å². The van der Waals surface area contributed by atoms with Gasteiger partial charge in [0.05, 0.1) is 0 Å². The van der Waals surface area contributed by atoms with Gasteiger partial charge in [0.2, 0.25) is 5.91 Å². The first-order chi connectivity index (χ1) is 7.78. The van der Waals surface area contributed by atoms with Crippen LogP contribution in [0.2, 0.25) is 0 Å². The smallest absolute Gasteiger partial charge is 0.222 e. The van der Waals surface area contributed by atoms with E-state index in [1.807, 2.05) is 27.7 Å². The van der Waals surface area contributed by atoms with Gasteiger partial charge < -0.3 is 16.2 Å². The molecule has 2 unspecified atom stereocenters. The zero-order chi connectivity index (χ0) is 13.5. The van der Waals surface area contributed by atoms with Crippen LogP contribution in [0.3, 0.4) is 0 Å². The van der Waals surface area contributed by atoms with Crippen LogP contribution in [0.1, 0.15) is 47.0 Å². The van der Waals surface area contributed by atoms with Gasteiger partial charge in [0.15, 0.2) is 0 Å². The van der Waals surface area contributed by atoms with Crippen LogP contribution >= 0.6 is 0 Å². The van der Waals surface area contributed by atoms with Crippen LogP contribution in [0.5, 0.6) is 0 Å². The Morgan fingerprint density at radius 1 is 1.35 bits per heavy atom. The maximum Gasteiger partial charge on any atom is 0.222 e. The number of rotatable bonds is 8. The topological polar surface area (TPSA) is 75.4 Å². The molecule has 0 aromatic heterocycles. The number of amides is 1. The normalized spacial score (nSPS) is 15.4. The molecule has 0 aliphatic rings. The first-order valence-electron chi connectivity index (χ1n) is 6.42. The Morgan fingerprint density at radius 2 is 1.94 bits per heavy atom. The van der Waals surface area contributed by atoms with Gasteiger partial charge in [-0.15, -0.1) is 0 Å². The minimum Gasteiger partial charge on any atom is -0.396 e. The van der Waals surface area contributed by atoms with E-state index in [-0.39, 0.29) is 29.9 Å². The average Bonchev–Trinajstić information content (AvgIpc) is 2.25. The fourth-order valence-electron chi connectivity index (χ4n) is 1.43. The molecule has 1 amide bonds. The molecule has 0 saturated heterocycles. The zero-order valence-electron chi connectivity index (χ0n) is 11.6. The van der Waals surface area contributed by atoms with Gasteiger partial charge in [-0.1, -0.05) is 27.2 Å². The molecule has 4 heteroatoms. The number of carbonyl (C=O) groups excluding carboxylic acids is 1. The quantitative estimate of drug-likeness (QED) is 0.602. The monoisotopic (exact) mass is 244 g/mol. The van der Waals surface area contributed by atoms with Crippen molar-refractivity contribution in [2.24, 2.45) is 17.1 Å². The van der Waals surface area contributed by atoms with Crippen LogP contribution < -0.4 is 11.1 Å². The van der Waals surface area contributed by atoms with E-state index >= 15 is 0 Å². The van der Waals surface area contributed by atoms with E-state index in [9.17, 15) is 4.79 Å². The largest absolute Gasteiger partial charge is 0.396 e. The van der Waals surface area contributed by atoms with Gasteiger partial charge in [0, 0.05) is 30.5 Å². The first-order valence-corrected chi connectivity index (χ1v) is 6.42. The molecule has 102 valence electrons. The molecule has 0 aromatic carbocycles. The molecule has 0 aliphatic carbocycles. The van der Waals surface area contributed by atoms with Crippen molar-refractivity contribution < 1.29 is 9.90 Å². The van der Waals surface area contributed by atoms with Crippen LogP contribution in [-0.4, -0.2) is 30.2 Å². The summed E-state index contributed by atoms with van der Waals surface area (Å²) >= 11 is 0. The lowest BCUT2D eigenvalue weighted by molar-refractivity contribution is -0.125. The standard InChI is InChI=1S/C13H28N2O2/c1-10(6-5-7-11(2)14)12(17)15-8-13(3,4)9-16/h10-11,16H,5-9,14H2,1-4H3,(H,15,17). The summed E-state index contributed by atoms with van der Waals surface area (Å²) in [6.07, 6.45) is 2.81. The molecule has 0 aliphatic heterocycles. The highest BCUT2D eigenvalue weighted by molar-refractivity contribution is 5.78. The van der Waals surface area contributed by atoms with Crippen molar-refractivity contribution in [1.82, 2.24) is 5.32 Å². The van der Waals surface area contributed by atoms with Crippen molar-refractivity contribution in [2.75, 3.05) is 13.2 Å². The second kappa shape index (κ2) is 7.67. The summed E-state index contributed by atoms with van der Waals surface area (Å²) < 4.78 is 0.